The first-order chi connectivity index (χ1) is 8.39. The summed E-state index contributed by atoms with van der Waals surface area (Å²) in [4.78, 5) is 0. The molecule has 0 fully saturated rings. The molecule has 0 bridgehead atoms. The molecule has 0 spiro atoms. The lowest BCUT2D eigenvalue weighted by Crippen LogP contribution is -2.23. The van der Waals surface area contributed by atoms with E-state index in [4.69, 9.17) is 21.1 Å². The molecule has 0 aliphatic carbocycles. The Hall–Kier alpha value is -0.770. The lowest BCUT2D eigenvalue weighted by Gasteiger charge is -2.24. The monoisotopic (exact) mass is 272 g/mol. The van der Waals surface area contributed by atoms with Crippen molar-refractivity contribution in [2.45, 2.75) is 38.4 Å². The molecule has 1 unspecified atom stereocenters. The van der Waals surface area contributed by atoms with Crippen LogP contribution >= 0.6 is 11.6 Å². The van der Waals surface area contributed by atoms with E-state index in [2.05, 4.69) is 0 Å². The molecule has 1 aromatic carbocycles. The normalized spacial score (nSPS) is 13.4. The Bertz CT molecular complexity index is 391. The van der Waals surface area contributed by atoms with E-state index in [1.807, 2.05) is 19.9 Å². The Balaban J connectivity index is 2.67. The van der Waals surface area contributed by atoms with Crippen molar-refractivity contribution in [2.24, 2.45) is 0 Å². The molecule has 0 aliphatic rings. The summed E-state index contributed by atoms with van der Waals surface area (Å²) in [5, 5.41) is 10.6. The van der Waals surface area contributed by atoms with E-state index in [0.29, 0.717) is 17.2 Å². The second-order valence-electron chi connectivity index (χ2n) is 4.91. The lowest BCUT2D eigenvalue weighted by molar-refractivity contribution is 0.00278. The molecule has 1 rings (SSSR count). The fourth-order valence-electron chi connectivity index (χ4n) is 1.64. The molecule has 4 heteroatoms. The van der Waals surface area contributed by atoms with E-state index in [1.54, 1.807) is 26.4 Å². The van der Waals surface area contributed by atoms with Crippen LogP contribution in [0.4, 0.5) is 0 Å². The van der Waals surface area contributed by atoms with Crippen LogP contribution in [0.5, 0.6) is 5.75 Å². The highest BCUT2D eigenvalue weighted by Gasteiger charge is 2.19. The Kier molecular flexibility index (Phi) is 5.45. The molecule has 0 radical (unpaired) electrons. The molecule has 0 saturated heterocycles. The van der Waals surface area contributed by atoms with Crippen LogP contribution in [-0.2, 0) is 4.74 Å². The minimum absolute atomic E-state index is 0.225. The number of hydrogen-bond donors (Lipinski definition) is 1. The summed E-state index contributed by atoms with van der Waals surface area (Å²) in [6.45, 7) is 4.00. The molecule has 1 atom stereocenters. The van der Waals surface area contributed by atoms with Crippen molar-refractivity contribution in [2.75, 3.05) is 14.2 Å². The van der Waals surface area contributed by atoms with Gasteiger partial charge in [0.05, 0.1) is 23.8 Å². The van der Waals surface area contributed by atoms with Crippen molar-refractivity contribution in [3.05, 3.63) is 28.8 Å². The second-order valence-corrected chi connectivity index (χ2v) is 5.32. The molecular formula is C14H21ClO3. The molecule has 0 heterocycles. The van der Waals surface area contributed by atoms with Crippen LogP contribution in [-0.4, -0.2) is 24.9 Å². The van der Waals surface area contributed by atoms with E-state index in [0.717, 1.165) is 12.0 Å². The smallest absolute Gasteiger partial charge is 0.137 e. The minimum Gasteiger partial charge on any atom is -0.495 e. The Labute approximate surface area is 114 Å². The standard InChI is InChI=1S/C14H21ClO3/c1-14(2,18-4)8-7-12(16)10-5-6-13(17-3)11(15)9-10/h5-6,9,12,16H,7-8H2,1-4H3. The van der Waals surface area contributed by atoms with Gasteiger partial charge in [-0.2, -0.15) is 0 Å². The van der Waals surface area contributed by atoms with Gasteiger partial charge in [0.1, 0.15) is 5.75 Å². The molecule has 18 heavy (non-hydrogen) atoms. The first-order valence-electron chi connectivity index (χ1n) is 5.96. The van der Waals surface area contributed by atoms with E-state index >= 15 is 0 Å². The van der Waals surface area contributed by atoms with E-state index < -0.39 is 6.10 Å². The zero-order valence-corrected chi connectivity index (χ0v) is 12.1. The van der Waals surface area contributed by atoms with Crippen molar-refractivity contribution >= 4 is 11.6 Å². The molecular weight excluding hydrogens is 252 g/mol. The molecule has 0 saturated carbocycles. The first kappa shape index (κ1) is 15.3. The van der Waals surface area contributed by atoms with Gasteiger partial charge in [-0.3, -0.25) is 0 Å². The fraction of sp³-hybridized carbons (Fsp3) is 0.571. The topological polar surface area (TPSA) is 38.7 Å². The largest absolute Gasteiger partial charge is 0.495 e. The SMILES string of the molecule is COc1ccc(C(O)CCC(C)(C)OC)cc1Cl. The van der Waals surface area contributed by atoms with Crippen molar-refractivity contribution in [3.8, 4) is 5.75 Å². The second kappa shape index (κ2) is 6.41. The van der Waals surface area contributed by atoms with Crippen LogP contribution in [0.2, 0.25) is 5.02 Å². The van der Waals surface area contributed by atoms with E-state index in [1.165, 1.54) is 0 Å². The summed E-state index contributed by atoms with van der Waals surface area (Å²) in [6.07, 6.45) is 0.862. The van der Waals surface area contributed by atoms with Crippen molar-refractivity contribution in [1.82, 2.24) is 0 Å². The number of hydrogen-bond acceptors (Lipinski definition) is 3. The molecule has 0 aromatic heterocycles. The number of rotatable bonds is 6. The summed E-state index contributed by atoms with van der Waals surface area (Å²) in [7, 11) is 3.25. The maximum Gasteiger partial charge on any atom is 0.137 e. The van der Waals surface area contributed by atoms with Gasteiger partial charge in [-0.15, -0.1) is 0 Å². The Morgan fingerprint density at radius 2 is 2.00 bits per heavy atom. The summed E-state index contributed by atoms with van der Waals surface area (Å²) in [5.74, 6) is 0.616. The quantitative estimate of drug-likeness (QED) is 0.860. The zero-order chi connectivity index (χ0) is 13.8. The van der Waals surface area contributed by atoms with Crippen LogP contribution in [0.25, 0.3) is 0 Å². The third-order valence-corrected chi connectivity index (χ3v) is 3.43. The Morgan fingerprint density at radius 1 is 1.33 bits per heavy atom. The number of aliphatic hydroxyl groups excluding tert-OH is 1. The van der Waals surface area contributed by atoms with Crippen LogP contribution in [0.15, 0.2) is 18.2 Å². The number of methoxy groups -OCH3 is 2. The fourth-order valence-corrected chi connectivity index (χ4v) is 1.91. The van der Waals surface area contributed by atoms with Gasteiger partial charge in [0, 0.05) is 7.11 Å². The van der Waals surface area contributed by atoms with Gasteiger partial charge in [-0.25, -0.2) is 0 Å². The van der Waals surface area contributed by atoms with Crippen LogP contribution in [0.3, 0.4) is 0 Å². The van der Waals surface area contributed by atoms with Crippen LogP contribution < -0.4 is 4.74 Å². The molecule has 3 nitrogen and oxygen atoms in total. The highest BCUT2D eigenvalue weighted by Crippen LogP contribution is 2.30. The number of aliphatic hydroxyl groups is 1. The highest BCUT2D eigenvalue weighted by atomic mass is 35.5. The summed E-state index contributed by atoms with van der Waals surface area (Å²) >= 11 is 6.03. The number of benzene rings is 1. The molecule has 102 valence electrons. The average molecular weight is 273 g/mol. The zero-order valence-electron chi connectivity index (χ0n) is 11.4. The minimum atomic E-state index is -0.539. The van der Waals surface area contributed by atoms with Crippen LogP contribution in [0.1, 0.15) is 38.4 Å². The van der Waals surface area contributed by atoms with Gasteiger partial charge >= 0.3 is 0 Å². The predicted octanol–water partition coefficient (Wildman–Crippen LogP) is 3.59. The maximum atomic E-state index is 10.1. The maximum absolute atomic E-state index is 10.1. The van der Waals surface area contributed by atoms with Crippen LogP contribution in [0, 0.1) is 0 Å². The van der Waals surface area contributed by atoms with Gasteiger partial charge in [0.15, 0.2) is 0 Å². The summed E-state index contributed by atoms with van der Waals surface area (Å²) in [6, 6.07) is 5.34. The van der Waals surface area contributed by atoms with Gasteiger partial charge in [0.25, 0.3) is 0 Å². The lowest BCUT2D eigenvalue weighted by atomic mass is 9.96. The predicted molar refractivity (Wildman–Crippen MR) is 73.3 cm³/mol. The third-order valence-electron chi connectivity index (χ3n) is 3.13. The third kappa shape index (κ3) is 4.16. The average Bonchev–Trinajstić information content (AvgIpc) is 2.36. The van der Waals surface area contributed by atoms with Gasteiger partial charge < -0.3 is 14.6 Å². The van der Waals surface area contributed by atoms with Crippen molar-refractivity contribution < 1.29 is 14.6 Å². The van der Waals surface area contributed by atoms with E-state index in [9.17, 15) is 5.11 Å². The van der Waals surface area contributed by atoms with E-state index in [-0.39, 0.29) is 5.60 Å². The van der Waals surface area contributed by atoms with Crippen molar-refractivity contribution in [1.29, 1.82) is 0 Å². The first-order valence-corrected chi connectivity index (χ1v) is 6.34. The highest BCUT2D eigenvalue weighted by molar-refractivity contribution is 6.32. The van der Waals surface area contributed by atoms with Gasteiger partial charge in [-0.1, -0.05) is 17.7 Å². The number of ether oxygens (including phenoxy) is 2. The molecule has 1 N–H and O–H groups in total. The molecule has 0 amide bonds. The molecule has 1 aromatic rings. The Morgan fingerprint density at radius 3 is 2.50 bits per heavy atom. The molecule has 0 aliphatic heterocycles. The van der Waals surface area contributed by atoms with Crippen molar-refractivity contribution in [3.63, 3.8) is 0 Å². The summed E-state index contributed by atoms with van der Waals surface area (Å²) in [5.41, 5.74) is 0.574. The number of halogens is 1. The summed E-state index contributed by atoms with van der Waals surface area (Å²) < 4.78 is 10.4. The van der Waals surface area contributed by atoms with Gasteiger partial charge in [0.2, 0.25) is 0 Å². The van der Waals surface area contributed by atoms with Gasteiger partial charge in [-0.05, 0) is 44.4 Å².